The number of alkyl halides is 2. The molecule has 0 amide bonds. The number of methoxy groups -OCH3 is 1. The van der Waals surface area contributed by atoms with Gasteiger partial charge in [0.25, 0.3) is 6.43 Å². The first-order valence-corrected chi connectivity index (χ1v) is 6.15. The Kier molecular flexibility index (Phi) is 3.74. The predicted molar refractivity (Wildman–Crippen MR) is 66.1 cm³/mol. The third-order valence-electron chi connectivity index (χ3n) is 3.47. The Bertz CT molecular complexity index is 556. The van der Waals surface area contributed by atoms with Crippen molar-refractivity contribution in [3.8, 4) is 5.75 Å². The molecule has 0 saturated heterocycles. The maximum absolute atomic E-state index is 13.5. The van der Waals surface area contributed by atoms with E-state index in [0.29, 0.717) is 11.3 Å². The zero-order chi connectivity index (χ0) is 14.9. The van der Waals surface area contributed by atoms with Crippen molar-refractivity contribution in [3.05, 3.63) is 29.3 Å². The van der Waals surface area contributed by atoms with Gasteiger partial charge in [-0.1, -0.05) is 12.1 Å². The molecule has 6 heteroatoms. The molecule has 0 N–H and O–H groups in total. The number of fused-ring (bicyclic) bond motifs is 1. The fourth-order valence-electron chi connectivity index (χ4n) is 2.44. The van der Waals surface area contributed by atoms with Crippen molar-refractivity contribution in [3.63, 3.8) is 0 Å². The topological polar surface area (TPSA) is 52.6 Å². The summed E-state index contributed by atoms with van der Waals surface area (Å²) in [5.74, 6) is -1.76. The first-order chi connectivity index (χ1) is 9.48. The van der Waals surface area contributed by atoms with Crippen molar-refractivity contribution in [2.24, 2.45) is 5.41 Å². The Labute approximate surface area is 114 Å². The highest BCUT2D eigenvalue weighted by molar-refractivity contribution is 6.16. The van der Waals surface area contributed by atoms with Crippen molar-refractivity contribution in [1.29, 1.82) is 0 Å². The van der Waals surface area contributed by atoms with E-state index in [9.17, 15) is 18.4 Å². The van der Waals surface area contributed by atoms with Crippen molar-refractivity contribution < 1.29 is 27.8 Å². The predicted octanol–water partition coefficient (Wildman–Crippen LogP) is 2.25. The number of ketones is 1. The molecule has 4 nitrogen and oxygen atoms in total. The van der Waals surface area contributed by atoms with E-state index >= 15 is 0 Å². The second-order valence-electron chi connectivity index (χ2n) is 4.48. The molecule has 20 heavy (non-hydrogen) atoms. The SMILES string of the molecule is CCOC(=O)C1(C(F)F)Cc2c(OC)cccc2C1=O. The molecule has 1 aromatic rings. The van der Waals surface area contributed by atoms with Gasteiger partial charge in [-0.2, -0.15) is 0 Å². The Balaban J connectivity index is 2.54. The quantitative estimate of drug-likeness (QED) is 0.628. The molecular formula is C14H14F2O4. The maximum Gasteiger partial charge on any atom is 0.326 e. The van der Waals surface area contributed by atoms with Crippen molar-refractivity contribution >= 4 is 11.8 Å². The summed E-state index contributed by atoms with van der Waals surface area (Å²) in [6.07, 6.45) is -3.53. The van der Waals surface area contributed by atoms with E-state index in [1.54, 1.807) is 6.07 Å². The minimum atomic E-state index is -3.13. The van der Waals surface area contributed by atoms with Crippen LogP contribution in [0.5, 0.6) is 5.75 Å². The highest BCUT2D eigenvalue weighted by Crippen LogP contribution is 2.45. The molecule has 1 unspecified atom stereocenters. The molecule has 0 aromatic heterocycles. The fourth-order valence-corrected chi connectivity index (χ4v) is 2.44. The summed E-state index contributed by atoms with van der Waals surface area (Å²) in [4.78, 5) is 24.2. The van der Waals surface area contributed by atoms with Crippen LogP contribution in [-0.2, 0) is 16.0 Å². The summed E-state index contributed by atoms with van der Waals surface area (Å²) in [6, 6.07) is 4.52. The van der Waals surface area contributed by atoms with Crippen LogP contribution < -0.4 is 4.74 Å². The summed E-state index contributed by atoms with van der Waals surface area (Å²) in [5, 5.41) is 0. The van der Waals surface area contributed by atoms with E-state index in [0.717, 1.165) is 0 Å². The van der Waals surface area contributed by atoms with Gasteiger partial charge < -0.3 is 9.47 Å². The average Bonchev–Trinajstić information content (AvgIpc) is 2.74. The van der Waals surface area contributed by atoms with Gasteiger partial charge in [0, 0.05) is 17.5 Å². The van der Waals surface area contributed by atoms with E-state index in [4.69, 9.17) is 4.74 Å². The van der Waals surface area contributed by atoms with Crippen LogP contribution in [0.15, 0.2) is 18.2 Å². The Hall–Kier alpha value is -1.98. The highest BCUT2D eigenvalue weighted by atomic mass is 19.3. The van der Waals surface area contributed by atoms with Crippen LogP contribution in [0.2, 0.25) is 0 Å². The first-order valence-electron chi connectivity index (χ1n) is 6.15. The molecule has 1 aliphatic carbocycles. The second kappa shape index (κ2) is 5.19. The number of halogens is 2. The van der Waals surface area contributed by atoms with Gasteiger partial charge in [-0.25, -0.2) is 8.78 Å². The second-order valence-corrected chi connectivity index (χ2v) is 4.48. The van der Waals surface area contributed by atoms with Crippen LogP contribution >= 0.6 is 0 Å². The molecule has 0 fully saturated rings. The Morgan fingerprint density at radius 1 is 1.45 bits per heavy atom. The lowest BCUT2D eigenvalue weighted by molar-refractivity contribution is -0.159. The van der Waals surface area contributed by atoms with Crippen LogP contribution in [0.3, 0.4) is 0 Å². The van der Waals surface area contributed by atoms with E-state index in [-0.39, 0.29) is 12.2 Å². The lowest BCUT2D eigenvalue weighted by Crippen LogP contribution is -2.45. The largest absolute Gasteiger partial charge is 0.496 e. The molecule has 1 aliphatic rings. The third-order valence-corrected chi connectivity index (χ3v) is 3.47. The first kappa shape index (κ1) is 14.4. The summed E-state index contributed by atoms with van der Waals surface area (Å²) in [7, 11) is 1.38. The van der Waals surface area contributed by atoms with Gasteiger partial charge in [0.1, 0.15) is 5.75 Å². The Morgan fingerprint density at radius 3 is 2.70 bits per heavy atom. The van der Waals surface area contributed by atoms with Crippen molar-refractivity contribution in [1.82, 2.24) is 0 Å². The molecule has 108 valence electrons. The number of rotatable bonds is 4. The van der Waals surface area contributed by atoms with E-state index in [1.807, 2.05) is 0 Å². The molecule has 1 atom stereocenters. The molecular weight excluding hydrogens is 270 g/mol. The number of esters is 1. The number of hydrogen-bond donors (Lipinski definition) is 0. The molecule has 0 saturated carbocycles. The van der Waals surface area contributed by atoms with Gasteiger partial charge in [-0.05, 0) is 13.0 Å². The van der Waals surface area contributed by atoms with Crippen LogP contribution in [0, 0.1) is 5.41 Å². The van der Waals surface area contributed by atoms with Gasteiger partial charge in [-0.15, -0.1) is 0 Å². The lowest BCUT2D eigenvalue weighted by Gasteiger charge is -2.23. The zero-order valence-corrected chi connectivity index (χ0v) is 11.1. The van der Waals surface area contributed by atoms with E-state index in [1.165, 1.54) is 26.2 Å². The van der Waals surface area contributed by atoms with Crippen molar-refractivity contribution in [2.45, 2.75) is 19.8 Å². The maximum atomic E-state index is 13.5. The number of benzene rings is 1. The molecule has 1 aromatic carbocycles. The molecule has 0 spiro atoms. The number of carbonyl (C=O) groups is 2. The summed E-state index contributed by atoms with van der Waals surface area (Å²) in [5.41, 5.74) is -2.03. The van der Waals surface area contributed by atoms with Crippen LogP contribution in [0.1, 0.15) is 22.8 Å². The third kappa shape index (κ3) is 1.87. The number of carbonyl (C=O) groups excluding carboxylic acids is 2. The van der Waals surface area contributed by atoms with Gasteiger partial charge in [0.15, 0.2) is 11.2 Å². The monoisotopic (exact) mass is 284 g/mol. The standard InChI is InChI=1S/C14H14F2O4/c1-3-20-13(18)14(12(15)16)7-9-8(11(14)17)5-4-6-10(9)19-2/h4-6,12H,3,7H2,1-2H3. The number of hydrogen-bond acceptors (Lipinski definition) is 4. The molecule has 0 bridgehead atoms. The fraction of sp³-hybridized carbons (Fsp3) is 0.429. The number of Topliss-reactive ketones (excluding diaryl/α,β-unsaturated/α-hetero) is 1. The summed E-state index contributed by atoms with van der Waals surface area (Å²) in [6.45, 7) is 1.44. The number of ether oxygens (including phenoxy) is 2. The lowest BCUT2D eigenvalue weighted by atomic mass is 9.84. The van der Waals surface area contributed by atoms with E-state index < -0.39 is 30.0 Å². The van der Waals surface area contributed by atoms with E-state index in [2.05, 4.69) is 4.74 Å². The van der Waals surface area contributed by atoms with Crippen LogP contribution in [0.4, 0.5) is 8.78 Å². The van der Waals surface area contributed by atoms with Crippen LogP contribution in [0.25, 0.3) is 0 Å². The zero-order valence-electron chi connectivity index (χ0n) is 11.1. The highest BCUT2D eigenvalue weighted by Gasteiger charge is 2.60. The Morgan fingerprint density at radius 2 is 2.15 bits per heavy atom. The smallest absolute Gasteiger partial charge is 0.326 e. The minimum absolute atomic E-state index is 0.0614. The van der Waals surface area contributed by atoms with Crippen LogP contribution in [-0.4, -0.2) is 31.9 Å². The van der Waals surface area contributed by atoms with Gasteiger partial charge in [0.05, 0.1) is 13.7 Å². The molecule has 0 aliphatic heterocycles. The van der Waals surface area contributed by atoms with Gasteiger partial charge >= 0.3 is 5.97 Å². The normalized spacial score (nSPS) is 20.9. The average molecular weight is 284 g/mol. The molecule has 0 heterocycles. The molecule has 2 rings (SSSR count). The van der Waals surface area contributed by atoms with Gasteiger partial charge in [0.2, 0.25) is 0 Å². The minimum Gasteiger partial charge on any atom is -0.496 e. The summed E-state index contributed by atoms with van der Waals surface area (Å²) >= 11 is 0. The van der Waals surface area contributed by atoms with Gasteiger partial charge in [-0.3, -0.25) is 9.59 Å². The van der Waals surface area contributed by atoms with Crippen molar-refractivity contribution in [2.75, 3.05) is 13.7 Å². The molecule has 0 radical (unpaired) electrons. The summed E-state index contributed by atoms with van der Waals surface area (Å²) < 4.78 is 36.7.